The van der Waals surface area contributed by atoms with E-state index < -0.39 is 5.41 Å². The maximum absolute atomic E-state index is 14.4. The van der Waals surface area contributed by atoms with Crippen molar-refractivity contribution in [2.45, 2.75) is 64.1 Å². The van der Waals surface area contributed by atoms with E-state index in [1.165, 1.54) is 0 Å². The zero-order valence-electron chi connectivity index (χ0n) is 30.2. The minimum atomic E-state index is -0.727. The third-order valence-electron chi connectivity index (χ3n) is 9.16. The summed E-state index contributed by atoms with van der Waals surface area (Å²) in [5, 5.41) is 0.603. The zero-order chi connectivity index (χ0) is 36.8. The highest BCUT2D eigenvalue weighted by atomic mass is 35.5. The van der Waals surface area contributed by atoms with Crippen LogP contribution in [0, 0.1) is 12.3 Å². The number of piperidine rings is 1. The number of terminal acetylenes is 1. The summed E-state index contributed by atoms with van der Waals surface area (Å²) in [6.45, 7) is 10.3. The number of amides is 2. The normalized spacial score (nSPS) is 15.2. The number of unbranched alkanes of at least 4 members (excludes halogenated alkanes) is 1. The molecule has 3 aromatic rings. The Labute approximate surface area is 310 Å². The summed E-state index contributed by atoms with van der Waals surface area (Å²) in [7, 11) is 0. The third kappa shape index (κ3) is 10.2. The Bertz CT molecular complexity index is 1650. The highest BCUT2D eigenvalue weighted by Gasteiger charge is 2.53. The average Bonchev–Trinajstić information content (AvgIpc) is 3.58. The van der Waals surface area contributed by atoms with Crippen LogP contribution in [0.4, 0.5) is 10.5 Å². The van der Waals surface area contributed by atoms with E-state index in [1.807, 2.05) is 43.0 Å². The van der Waals surface area contributed by atoms with Crippen LogP contribution in [0.5, 0.6) is 0 Å². The number of nitrogens with zero attached hydrogens (tertiary/aromatic N) is 5. The summed E-state index contributed by atoms with van der Waals surface area (Å²) in [5.41, 5.74) is 2.75. The maximum atomic E-state index is 14.4. The van der Waals surface area contributed by atoms with Gasteiger partial charge in [-0.15, -0.1) is 6.42 Å². The predicted octanol–water partition coefficient (Wildman–Crippen LogP) is 5.01. The van der Waals surface area contributed by atoms with Gasteiger partial charge in [0.05, 0.1) is 93.8 Å². The second-order valence-corrected chi connectivity index (χ2v) is 13.4. The number of halogens is 1. The lowest BCUT2D eigenvalue weighted by Gasteiger charge is -2.38. The molecule has 1 saturated heterocycles. The van der Waals surface area contributed by atoms with Crippen LogP contribution in [0.2, 0.25) is 5.02 Å². The van der Waals surface area contributed by atoms with Crippen LogP contribution in [-0.2, 0) is 51.7 Å². The van der Waals surface area contributed by atoms with Gasteiger partial charge in [0.2, 0.25) is 5.91 Å². The zero-order valence-corrected chi connectivity index (χ0v) is 31.0. The lowest BCUT2D eigenvalue weighted by molar-refractivity contribution is -0.125. The third-order valence-corrected chi connectivity index (χ3v) is 9.39. The SMILES string of the molecule is C#CCOCCOCCOCCOCCOCCCCn1c(CN2C(=O)C3(CCN(C(=O)OC(C)C)CC3)c3ccncc32)nc2cc(Cl)ccc21. The van der Waals surface area contributed by atoms with Crippen LogP contribution in [0.25, 0.3) is 11.0 Å². The summed E-state index contributed by atoms with van der Waals surface area (Å²) in [4.78, 5) is 39.8. The number of aryl methyl sites for hydroxylation is 1. The van der Waals surface area contributed by atoms with Crippen molar-refractivity contribution >= 4 is 40.3 Å². The van der Waals surface area contributed by atoms with Gasteiger partial charge in [-0.3, -0.25) is 9.78 Å². The van der Waals surface area contributed by atoms with Gasteiger partial charge in [-0.05, 0) is 69.4 Å². The number of aromatic nitrogens is 3. The number of ether oxygens (including phenoxy) is 6. The van der Waals surface area contributed by atoms with E-state index >= 15 is 0 Å². The largest absolute Gasteiger partial charge is 0.447 e. The molecule has 4 heterocycles. The second kappa shape index (κ2) is 19.9. The van der Waals surface area contributed by atoms with Gasteiger partial charge in [0.25, 0.3) is 0 Å². The van der Waals surface area contributed by atoms with E-state index in [2.05, 4.69) is 15.5 Å². The minimum absolute atomic E-state index is 0.0126. The molecular weight excluding hydrogens is 690 g/mol. The van der Waals surface area contributed by atoms with Crippen molar-refractivity contribution < 1.29 is 38.0 Å². The van der Waals surface area contributed by atoms with Gasteiger partial charge in [0.1, 0.15) is 12.4 Å². The van der Waals surface area contributed by atoms with Crippen molar-refractivity contribution in [3.8, 4) is 12.3 Å². The molecule has 2 aliphatic heterocycles. The standard InChI is InChI=1S/C38H50ClN5O8/c1-4-16-47-18-20-49-22-24-51-25-23-50-21-19-48-17-6-5-13-43-33-8-7-30(39)26-32(33)41-35(43)28-44-34-27-40-12-9-31(34)38(36(44)45)10-14-42(15-11-38)37(46)52-29(2)3/h1,7-9,12,26-27,29H,5-6,10-11,13-25,28H2,2-3H3. The van der Waals surface area contributed by atoms with Gasteiger partial charge in [0, 0.05) is 37.5 Å². The minimum Gasteiger partial charge on any atom is -0.447 e. The highest BCUT2D eigenvalue weighted by molar-refractivity contribution is 6.31. The number of imidazole rings is 1. The molecule has 1 fully saturated rings. The molecule has 0 radical (unpaired) electrons. The van der Waals surface area contributed by atoms with Gasteiger partial charge in [-0.25, -0.2) is 9.78 Å². The molecule has 0 unspecified atom stereocenters. The van der Waals surface area contributed by atoms with Gasteiger partial charge < -0.3 is 42.8 Å². The summed E-state index contributed by atoms with van der Waals surface area (Å²) < 4.78 is 35.0. The molecule has 0 aliphatic carbocycles. The first kappa shape index (κ1) is 39.4. The Hall–Kier alpha value is -3.77. The molecule has 2 aromatic heterocycles. The van der Waals surface area contributed by atoms with Crippen molar-refractivity contribution in [3.63, 3.8) is 0 Å². The van der Waals surface area contributed by atoms with Crippen LogP contribution < -0.4 is 4.90 Å². The van der Waals surface area contributed by atoms with Gasteiger partial charge in [-0.1, -0.05) is 17.5 Å². The van der Waals surface area contributed by atoms with E-state index in [0.29, 0.717) is 104 Å². The lowest BCUT2D eigenvalue weighted by atomic mass is 9.74. The number of anilines is 1. The molecule has 282 valence electrons. The molecule has 2 amide bonds. The van der Waals surface area contributed by atoms with Crippen LogP contribution in [0.15, 0.2) is 36.7 Å². The molecule has 1 aromatic carbocycles. The van der Waals surface area contributed by atoms with E-state index in [0.717, 1.165) is 41.0 Å². The van der Waals surface area contributed by atoms with E-state index in [4.69, 9.17) is 51.4 Å². The number of carbonyl (C=O) groups excluding carboxylic acids is 2. The van der Waals surface area contributed by atoms with Crippen molar-refractivity contribution in [1.29, 1.82) is 0 Å². The molecule has 2 aliphatic rings. The molecule has 52 heavy (non-hydrogen) atoms. The summed E-state index contributed by atoms with van der Waals surface area (Å²) in [5.74, 6) is 3.19. The number of likely N-dealkylation sites (tertiary alicyclic amines) is 1. The van der Waals surface area contributed by atoms with E-state index in [9.17, 15) is 9.59 Å². The fourth-order valence-electron chi connectivity index (χ4n) is 6.63. The van der Waals surface area contributed by atoms with Crippen molar-refractivity contribution in [2.75, 3.05) is 84.1 Å². The maximum Gasteiger partial charge on any atom is 0.410 e. The second-order valence-electron chi connectivity index (χ2n) is 13.0. The van der Waals surface area contributed by atoms with Crippen molar-refractivity contribution in [3.05, 3.63) is 53.1 Å². The molecule has 0 N–H and O–H groups in total. The molecule has 5 rings (SSSR count). The lowest BCUT2D eigenvalue weighted by Crippen LogP contribution is -2.50. The molecule has 13 nitrogen and oxygen atoms in total. The Morgan fingerprint density at radius 3 is 2.25 bits per heavy atom. The monoisotopic (exact) mass is 739 g/mol. The fourth-order valence-corrected chi connectivity index (χ4v) is 6.79. The molecule has 0 bridgehead atoms. The van der Waals surface area contributed by atoms with E-state index in [-0.39, 0.29) is 24.6 Å². The van der Waals surface area contributed by atoms with Crippen LogP contribution in [0.3, 0.4) is 0 Å². The van der Waals surface area contributed by atoms with Crippen molar-refractivity contribution in [2.24, 2.45) is 0 Å². The first-order chi connectivity index (χ1) is 25.3. The molecule has 1 spiro atoms. The van der Waals surface area contributed by atoms with E-state index in [1.54, 1.807) is 17.3 Å². The summed E-state index contributed by atoms with van der Waals surface area (Å²) >= 11 is 6.35. The topological polar surface area (TPSA) is 127 Å². The Morgan fingerprint density at radius 2 is 1.60 bits per heavy atom. The Morgan fingerprint density at radius 1 is 0.942 bits per heavy atom. The van der Waals surface area contributed by atoms with Gasteiger partial charge in [-0.2, -0.15) is 0 Å². The van der Waals surface area contributed by atoms with Crippen LogP contribution in [-0.4, -0.2) is 117 Å². The smallest absolute Gasteiger partial charge is 0.410 e. The Balaban J connectivity index is 1.09. The number of carbonyl (C=O) groups is 2. The molecule has 0 atom stereocenters. The van der Waals surface area contributed by atoms with Crippen molar-refractivity contribution in [1.82, 2.24) is 19.4 Å². The van der Waals surface area contributed by atoms with Crippen LogP contribution in [0.1, 0.15) is 50.9 Å². The molecule has 0 saturated carbocycles. The number of benzene rings is 1. The summed E-state index contributed by atoms with van der Waals surface area (Å²) in [6.07, 6.45) is 10.8. The van der Waals surface area contributed by atoms with Gasteiger partial charge in [0.15, 0.2) is 0 Å². The Kier molecular flexibility index (Phi) is 15.1. The fraction of sp³-hybridized carbons (Fsp3) is 0.579. The number of rotatable bonds is 21. The number of hydrogen-bond donors (Lipinski definition) is 0. The number of fused-ring (bicyclic) bond motifs is 3. The first-order valence-electron chi connectivity index (χ1n) is 18.0. The first-order valence-corrected chi connectivity index (χ1v) is 18.4. The number of pyridine rings is 1. The van der Waals surface area contributed by atoms with Crippen LogP contribution >= 0.6 is 11.6 Å². The average molecular weight is 740 g/mol. The number of hydrogen-bond acceptors (Lipinski definition) is 10. The summed E-state index contributed by atoms with van der Waals surface area (Å²) in [6, 6.07) is 7.63. The highest BCUT2D eigenvalue weighted by Crippen LogP contribution is 2.48. The predicted molar refractivity (Wildman–Crippen MR) is 196 cm³/mol. The molecule has 14 heteroatoms. The molecular formula is C38H50ClN5O8. The van der Waals surface area contributed by atoms with Gasteiger partial charge >= 0.3 is 6.09 Å². The quantitative estimate of drug-likeness (QED) is 0.109.